The fourth-order valence-electron chi connectivity index (χ4n) is 3.66. The topological polar surface area (TPSA) is 73.9 Å². The number of H-pyrrole nitrogens is 1. The largest absolute Gasteiger partial charge is 0.356 e. The minimum atomic E-state index is 0.0161. The molecule has 0 radical (unpaired) electrons. The van der Waals surface area contributed by atoms with Crippen molar-refractivity contribution in [3.8, 4) is 11.4 Å². The maximum absolute atomic E-state index is 13.1. The summed E-state index contributed by atoms with van der Waals surface area (Å²) < 4.78 is 0. The van der Waals surface area contributed by atoms with E-state index in [2.05, 4.69) is 39.6 Å². The van der Waals surface area contributed by atoms with Gasteiger partial charge in [-0.1, -0.05) is 61.2 Å². The summed E-state index contributed by atoms with van der Waals surface area (Å²) in [5, 5.41) is 11.2. The lowest BCUT2D eigenvalue weighted by Crippen LogP contribution is -2.38. The molecular weight excluding hydrogens is 442 g/mol. The lowest BCUT2D eigenvalue weighted by Gasteiger charge is -2.27. The highest BCUT2D eigenvalue weighted by Crippen LogP contribution is 2.25. The van der Waals surface area contributed by atoms with Gasteiger partial charge in [0.1, 0.15) is 0 Å². The van der Waals surface area contributed by atoms with Gasteiger partial charge in [0.2, 0.25) is 11.1 Å². The molecule has 0 aliphatic heterocycles. The third-order valence-corrected chi connectivity index (χ3v) is 6.25. The number of thioether (sulfide) groups is 1. The molecule has 6 nitrogen and oxygen atoms in total. The van der Waals surface area contributed by atoms with E-state index in [1.54, 1.807) is 0 Å². The van der Waals surface area contributed by atoms with Crippen LogP contribution in [0.3, 0.4) is 0 Å². The summed E-state index contributed by atoms with van der Waals surface area (Å²) in [6.07, 6.45) is 0.999. The molecule has 0 atom stereocenters. The van der Waals surface area contributed by atoms with Gasteiger partial charge in [-0.2, -0.15) is 0 Å². The molecule has 3 aromatic carbocycles. The molecule has 4 aromatic rings. The molecule has 7 heteroatoms. The number of aromatic nitrogens is 3. The highest BCUT2D eigenvalue weighted by atomic mass is 32.2. The number of para-hydroxylation sites is 1. The zero-order valence-electron chi connectivity index (χ0n) is 19.7. The molecule has 0 aliphatic carbocycles. The summed E-state index contributed by atoms with van der Waals surface area (Å²) in [6, 6.07) is 26.2. The minimum absolute atomic E-state index is 0.0161. The van der Waals surface area contributed by atoms with E-state index in [4.69, 9.17) is 0 Å². The van der Waals surface area contributed by atoms with E-state index < -0.39 is 0 Å². The van der Waals surface area contributed by atoms with Crippen LogP contribution in [0.2, 0.25) is 0 Å². The predicted molar refractivity (Wildman–Crippen MR) is 141 cm³/mol. The summed E-state index contributed by atoms with van der Waals surface area (Å²) in [4.78, 5) is 19.5. The van der Waals surface area contributed by atoms with Crippen molar-refractivity contribution in [2.24, 2.45) is 0 Å². The van der Waals surface area contributed by atoms with Crippen molar-refractivity contribution >= 4 is 34.7 Å². The summed E-state index contributed by atoms with van der Waals surface area (Å²) in [7, 11) is 0. The number of rotatable bonds is 9. The average Bonchev–Trinajstić information content (AvgIpc) is 3.34. The molecule has 1 aromatic heterocycles. The van der Waals surface area contributed by atoms with Gasteiger partial charge in [-0.05, 0) is 62.2 Å². The Morgan fingerprint density at radius 1 is 0.971 bits per heavy atom. The standard InChI is InChI=1S/C27H29N5OS/c1-4-20-10-12-21(13-11-20)26-29-27(31-30-26)34-18-25(33)32(19(2)3)24-16-14-23(15-17-24)28-22-8-6-5-7-9-22/h5-17,19,28H,4,18H2,1-3H3,(H,29,30,31). The molecule has 0 unspecified atom stereocenters. The first kappa shape index (κ1) is 23.6. The first-order chi connectivity index (χ1) is 16.5. The van der Waals surface area contributed by atoms with Crippen LogP contribution in [0.5, 0.6) is 0 Å². The van der Waals surface area contributed by atoms with Gasteiger partial charge in [-0.3, -0.25) is 9.89 Å². The number of carbonyl (C=O) groups excluding carboxylic acids is 1. The van der Waals surface area contributed by atoms with Crippen molar-refractivity contribution in [2.45, 2.75) is 38.4 Å². The van der Waals surface area contributed by atoms with Gasteiger partial charge in [0.25, 0.3) is 0 Å². The van der Waals surface area contributed by atoms with Crippen LogP contribution >= 0.6 is 11.8 Å². The van der Waals surface area contributed by atoms with Crippen molar-refractivity contribution in [1.82, 2.24) is 15.2 Å². The highest BCUT2D eigenvalue weighted by molar-refractivity contribution is 7.99. The molecule has 174 valence electrons. The fourth-order valence-corrected chi connectivity index (χ4v) is 4.32. The Balaban J connectivity index is 1.39. The van der Waals surface area contributed by atoms with Crippen LogP contribution in [-0.4, -0.2) is 32.9 Å². The molecule has 1 heterocycles. The number of anilines is 3. The van der Waals surface area contributed by atoms with Gasteiger partial charge < -0.3 is 10.2 Å². The molecule has 1 amide bonds. The number of nitrogens with zero attached hydrogens (tertiary/aromatic N) is 3. The Morgan fingerprint density at radius 2 is 1.65 bits per heavy atom. The van der Waals surface area contributed by atoms with E-state index in [0.29, 0.717) is 11.0 Å². The van der Waals surface area contributed by atoms with Crippen molar-refractivity contribution < 1.29 is 4.79 Å². The number of hydrogen-bond acceptors (Lipinski definition) is 5. The molecule has 34 heavy (non-hydrogen) atoms. The molecular formula is C27H29N5OS. The Bertz CT molecular complexity index is 1200. The number of aromatic amines is 1. The zero-order chi connectivity index (χ0) is 23.9. The van der Waals surface area contributed by atoms with Gasteiger partial charge in [0, 0.05) is 28.7 Å². The number of nitrogens with one attached hydrogen (secondary N) is 2. The SMILES string of the molecule is CCc1ccc(-c2nc(SCC(=O)N(c3ccc(Nc4ccccc4)cc3)C(C)C)n[nH]2)cc1. The van der Waals surface area contributed by atoms with Crippen LogP contribution in [0, 0.1) is 0 Å². The first-order valence-corrected chi connectivity index (χ1v) is 12.4. The minimum Gasteiger partial charge on any atom is -0.356 e. The zero-order valence-corrected chi connectivity index (χ0v) is 20.5. The first-order valence-electron chi connectivity index (χ1n) is 11.4. The molecule has 0 saturated heterocycles. The van der Waals surface area contributed by atoms with Crippen LogP contribution < -0.4 is 10.2 Å². The van der Waals surface area contributed by atoms with Gasteiger partial charge in [0.05, 0.1) is 5.75 Å². The van der Waals surface area contributed by atoms with E-state index in [0.717, 1.165) is 29.0 Å². The third-order valence-electron chi connectivity index (χ3n) is 5.42. The quantitative estimate of drug-likeness (QED) is 0.280. The van der Waals surface area contributed by atoms with Crippen LogP contribution in [-0.2, 0) is 11.2 Å². The van der Waals surface area contributed by atoms with E-state index in [9.17, 15) is 4.79 Å². The Morgan fingerprint density at radius 3 is 2.29 bits per heavy atom. The lowest BCUT2D eigenvalue weighted by molar-refractivity contribution is -0.116. The molecule has 4 rings (SSSR count). The predicted octanol–water partition coefficient (Wildman–Crippen LogP) is 6.31. The number of hydrogen-bond donors (Lipinski definition) is 2. The number of benzene rings is 3. The maximum atomic E-state index is 13.1. The Kier molecular flexibility index (Phi) is 7.65. The molecule has 2 N–H and O–H groups in total. The van der Waals surface area contributed by atoms with Crippen molar-refractivity contribution in [3.05, 3.63) is 84.4 Å². The van der Waals surface area contributed by atoms with Crippen molar-refractivity contribution in [2.75, 3.05) is 16.0 Å². The van der Waals surface area contributed by atoms with Crippen molar-refractivity contribution in [1.29, 1.82) is 0 Å². The molecule has 0 aliphatic rings. The highest BCUT2D eigenvalue weighted by Gasteiger charge is 2.20. The van der Waals surface area contributed by atoms with Crippen LogP contribution in [0.15, 0.2) is 84.0 Å². The summed E-state index contributed by atoms with van der Waals surface area (Å²) >= 11 is 1.34. The second-order valence-electron chi connectivity index (χ2n) is 8.20. The summed E-state index contributed by atoms with van der Waals surface area (Å²) in [6.45, 7) is 6.17. The second-order valence-corrected chi connectivity index (χ2v) is 9.14. The Labute approximate surface area is 204 Å². The fraction of sp³-hybridized carbons (Fsp3) is 0.222. The van der Waals surface area contributed by atoms with E-state index >= 15 is 0 Å². The van der Waals surface area contributed by atoms with Gasteiger partial charge in [0.15, 0.2) is 5.82 Å². The molecule has 0 bridgehead atoms. The van der Waals surface area contributed by atoms with E-state index in [-0.39, 0.29) is 17.7 Å². The average molecular weight is 472 g/mol. The Hall–Kier alpha value is -3.58. The molecule has 0 saturated carbocycles. The smallest absolute Gasteiger partial charge is 0.237 e. The third kappa shape index (κ3) is 5.85. The monoisotopic (exact) mass is 471 g/mol. The lowest BCUT2D eigenvalue weighted by atomic mass is 10.1. The molecule has 0 spiro atoms. The van der Waals surface area contributed by atoms with Crippen LogP contribution in [0.4, 0.5) is 17.1 Å². The number of carbonyl (C=O) groups is 1. The van der Waals surface area contributed by atoms with Gasteiger partial charge in [-0.25, -0.2) is 4.98 Å². The van der Waals surface area contributed by atoms with E-state index in [1.807, 2.05) is 85.5 Å². The second kappa shape index (κ2) is 11.0. The van der Waals surface area contributed by atoms with Crippen molar-refractivity contribution in [3.63, 3.8) is 0 Å². The van der Waals surface area contributed by atoms with Gasteiger partial charge >= 0.3 is 0 Å². The summed E-state index contributed by atoms with van der Waals surface area (Å²) in [5.41, 5.74) is 5.12. The molecule has 0 fully saturated rings. The van der Waals surface area contributed by atoms with Gasteiger partial charge in [-0.15, -0.1) is 5.10 Å². The van der Waals surface area contributed by atoms with E-state index in [1.165, 1.54) is 17.3 Å². The normalized spacial score (nSPS) is 10.9. The van der Waals surface area contributed by atoms with Crippen LogP contribution in [0.25, 0.3) is 11.4 Å². The number of aryl methyl sites for hydroxylation is 1. The maximum Gasteiger partial charge on any atom is 0.237 e. The summed E-state index contributed by atoms with van der Waals surface area (Å²) in [5.74, 6) is 0.982. The number of amides is 1. The van der Waals surface area contributed by atoms with Crippen LogP contribution in [0.1, 0.15) is 26.3 Å².